The Labute approximate surface area is 102 Å². The van der Waals surface area contributed by atoms with Crippen molar-refractivity contribution in [1.82, 2.24) is 0 Å². The Bertz CT molecular complexity index is 342. The average Bonchev–Trinajstić information content (AvgIpc) is 2.26. The highest BCUT2D eigenvalue weighted by molar-refractivity contribution is 5.85. The highest BCUT2D eigenvalue weighted by Crippen LogP contribution is 2.41. The lowest BCUT2D eigenvalue weighted by molar-refractivity contribution is 0.321. The van der Waals surface area contributed by atoms with Gasteiger partial charge in [-0.15, -0.1) is 12.4 Å². The van der Waals surface area contributed by atoms with Gasteiger partial charge < -0.3 is 19.9 Å². The summed E-state index contributed by atoms with van der Waals surface area (Å²) in [6.07, 6.45) is 0. The quantitative estimate of drug-likeness (QED) is 0.886. The van der Waals surface area contributed by atoms with Gasteiger partial charge in [0, 0.05) is 11.6 Å². The maximum absolute atomic E-state index is 5.83. The van der Waals surface area contributed by atoms with Crippen LogP contribution in [0.2, 0.25) is 0 Å². The molecular weight excluding hydrogens is 230 g/mol. The first kappa shape index (κ1) is 14.9. The zero-order valence-corrected chi connectivity index (χ0v) is 10.8. The molecule has 0 fully saturated rings. The van der Waals surface area contributed by atoms with Gasteiger partial charge in [0.1, 0.15) is 0 Å². The van der Waals surface area contributed by atoms with Gasteiger partial charge in [0.2, 0.25) is 5.75 Å². The summed E-state index contributed by atoms with van der Waals surface area (Å²) in [5.41, 5.74) is 6.73. The van der Waals surface area contributed by atoms with Crippen molar-refractivity contribution in [3.05, 3.63) is 17.7 Å². The van der Waals surface area contributed by atoms with E-state index in [1.807, 2.05) is 19.1 Å². The number of hydrogen-bond donors (Lipinski definition) is 1. The fourth-order valence-electron chi connectivity index (χ4n) is 1.48. The van der Waals surface area contributed by atoms with Gasteiger partial charge >= 0.3 is 0 Å². The number of methoxy groups -OCH3 is 3. The second-order valence-electron chi connectivity index (χ2n) is 3.21. The van der Waals surface area contributed by atoms with Crippen LogP contribution >= 0.6 is 12.4 Å². The summed E-state index contributed by atoms with van der Waals surface area (Å²) in [7, 11) is 4.75. The lowest BCUT2D eigenvalue weighted by Crippen LogP contribution is -2.08. The number of nitrogens with two attached hydrogens (primary N) is 1. The van der Waals surface area contributed by atoms with Crippen molar-refractivity contribution in [2.24, 2.45) is 5.73 Å². The normalized spacial score (nSPS) is 11.3. The molecule has 0 amide bonds. The van der Waals surface area contributed by atoms with E-state index >= 15 is 0 Å². The average molecular weight is 248 g/mol. The maximum atomic E-state index is 5.83. The molecule has 0 saturated heterocycles. The topological polar surface area (TPSA) is 53.7 Å². The Hall–Kier alpha value is -1.13. The van der Waals surface area contributed by atoms with Gasteiger partial charge in [0.05, 0.1) is 21.3 Å². The zero-order chi connectivity index (χ0) is 11.4. The van der Waals surface area contributed by atoms with Crippen molar-refractivity contribution in [2.75, 3.05) is 21.3 Å². The molecular formula is C11H18ClNO3. The summed E-state index contributed by atoms with van der Waals surface area (Å²) in [6.45, 7) is 1.89. The number of halogens is 1. The van der Waals surface area contributed by atoms with Crippen molar-refractivity contribution in [3.63, 3.8) is 0 Å². The number of hydrogen-bond acceptors (Lipinski definition) is 4. The fraction of sp³-hybridized carbons (Fsp3) is 0.455. The number of rotatable bonds is 4. The van der Waals surface area contributed by atoms with Crippen molar-refractivity contribution in [3.8, 4) is 17.2 Å². The zero-order valence-electron chi connectivity index (χ0n) is 9.94. The molecule has 1 aromatic carbocycles. The van der Waals surface area contributed by atoms with Crippen molar-refractivity contribution < 1.29 is 14.2 Å². The van der Waals surface area contributed by atoms with Crippen molar-refractivity contribution in [1.29, 1.82) is 0 Å². The molecule has 0 spiro atoms. The maximum Gasteiger partial charge on any atom is 0.203 e. The Morgan fingerprint density at radius 1 is 1.00 bits per heavy atom. The van der Waals surface area contributed by atoms with Crippen LogP contribution in [-0.4, -0.2) is 21.3 Å². The van der Waals surface area contributed by atoms with Gasteiger partial charge in [0.15, 0.2) is 11.5 Å². The van der Waals surface area contributed by atoms with Crippen LogP contribution in [0.5, 0.6) is 17.2 Å². The van der Waals surface area contributed by atoms with Crippen molar-refractivity contribution in [2.45, 2.75) is 13.0 Å². The Morgan fingerprint density at radius 2 is 1.56 bits per heavy atom. The smallest absolute Gasteiger partial charge is 0.203 e. The first-order valence-electron chi connectivity index (χ1n) is 4.70. The molecule has 1 aromatic rings. The van der Waals surface area contributed by atoms with E-state index in [1.165, 1.54) is 0 Å². The molecule has 0 aromatic heterocycles. The van der Waals surface area contributed by atoms with Crippen LogP contribution in [0.3, 0.4) is 0 Å². The van der Waals surface area contributed by atoms with Crippen molar-refractivity contribution >= 4 is 12.4 Å². The molecule has 16 heavy (non-hydrogen) atoms. The molecule has 5 heteroatoms. The standard InChI is InChI=1S/C11H17NO3.ClH/c1-7(12)8-5-6-9(13-2)11(15-4)10(8)14-3;/h5-7H,12H2,1-4H3;1H/t7-;/m0./s1. The minimum absolute atomic E-state index is 0. The van der Waals surface area contributed by atoms with Gasteiger partial charge in [0.25, 0.3) is 0 Å². The number of benzene rings is 1. The Morgan fingerprint density at radius 3 is 1.94 bits per heavy atom. The molecule has 0 aliphatic carbocycles. The van der Waals surface area contributed by atoms with Gasteiger partial charge in [-0.3, -0.25) is 0 Å². The second kappa shape index (κ2) is 6.45. The third-order valence-corrected chi connectivity index (χ3v) is 2.23. The van der Waals surface area contributed by atoms with Gasteiger partial charge in [-0.25, -0.2) is 0 Å². The molecule has 0 unspecified atom stereocenters. The lowest BCUT2D eigenvalue weighted by Gasteiger charge is -2.17. The summed E-state index contributed by atoms with van der Waals surface area (Å²) in [5.74, 6) is 1.85. The van der Waals surface area contributed by atoms with E-state index in [-0.39, 0.29) is 18.4 Å². The summed E-state index contributed by atoms with van der Waals surface area (Å²) in [5, 5.41) is 0. The first-order chi connectivity index (χ1) is 7.15. The monoisotopic (exact) mass is 247 g/mol. The van der Waals surface area contributed by atoms with E-state index in [9.17, 15) is 0 Å². The Kier molecular flexibility index (Phi) is 6.00. The van der Waals surface area contributed by atoms with E-state index in [0.717, 1.165) is 5.56 Å². The van der Waals surface area contributed by atoms with Crippen LogP contribution in [0.1, 0.15) is 18.5 Å². The molecule has 0 bridgehead atoms. The van der Waals surface area contributed by atoms with E-state index in [4.69, 9.17) is 19.9 Å². The highest BCUT2D eigenvalue weighted by atomic mass is 35.5. The summed E-state index contributed by atoms with van der Waals surface area (Å²) in [4.78, 5) is 0. The summed E-state index contributed by atoms with van der Waals surface area (Å²) < 4.78 is 15.7. The predicted octanol–water partition coefficient (Wildman–Crippen LogP) is 2.15. The predicted molar refractivity (Wildman–Crippen MR) is 65.9 cm³/mol. The molecule has 0 heterocycles. The second-order valence-corrected chi connectivity index (χ2v) is 3.21. The van der Waals surface area contributed by atoms with Gasteiger partial charge in [-0.05, 0) is 19.1 Å². The molecule has 4 nitrogen and oxygen atoms in total. The van der Waals surface area contributed by atoms with E-state index in [0.29, 0.717) is 17.2 Å². The van der Waals surface area contributed by atoms with Crippen LogP contribution in [0.25, 0.3) is 0 Å². The van der Waals surface area contributed by atoms with Crippen LogP contribution in [0.4, 0.5) is 0 Å². The number of ether oxygens (including phenoxy) is 3. The molecule has 1 atom stereocenters. The fourth-order valence-corrected chi connectivity index (χ4v) is 1.48. The van der Waals surface area contributed by atoms with E-state index < -0.39 is 0 Å². The molecule has 0 radical (unpaired) electrons. The molecule has 0 saturated carbocycles. The third kappa shape index (κ3) is 2.71. The lowest BCUT2D eigenvalue weighted by atomic mass is 10.1. The summed E-state index contributed by atoms with van der Waals surface area (Å²) in [6, 6.07) is 3.59. The molecule has 92 valence electrons. The van der Waals surface area contributed by atoms with Crippen LogP contribution < -0.4 is 19.9 Å². The molecule has 0 aliphatic heterocycles. The van der Waals surface area contributed by atoms with Crippen LogP contribution in [0, 0.1) is 0 Å². The van der Waals surface area contributed by atoms with Gasteiger partial charge in [-0.2, -0.15) is 0 Å². The summed E-state index contributed by atoms with van der Waals surface area (Å²) >= 11 is 0. The van der Waals surface area contributed by atoms with E-state index in [1.54, 1.807) is 21.3 Å². The SMILES string of the molecule is COc1ccc([C@H](C)N)c(OC)c1OC.Cl. The van der Waals surface area contributed by atoms with Crippen LogP contribution in [0.15, 0.2) is 12.1 Å². The largest absolute Gasteiger partial charge is 0.493 e. The highest BCUT2D eigenvalue weighted by Gasteiger charge is 2.17. The molecule has 0 aliphatic rings. The molecule has 2 N–H and O–H groups in total. The minimum atomic E-state index is -0.111. The first-order valence-corrected chi connectivity index (χ1v) is 4.70. The van der Waals surface area contributed by atoms with E-state index in [2.05, 4.69) is 0 Å². The van der Waals surface area contributed by atoms with Crippen LogP contribution in [-0.2, 0) is 0 Å². The molecule has 1 rings (SSSR count). The Balaban J connectivity index is 0.00000225. The third-order valence-electron chi connectivity index (χ3n) is 2.23. The minimum Gasteiger partial charge on any atom is -0.493 e. The van der Waals surface area contributed by atoms with Gasteiger partial charge in [-0.1, -0.05) is 0 Å².